The molecule has 2 aromatic carbocycles. The predicted molar refractivity (Wildman–Crippen MR) is 143 cm³/mol. The zero-order valence-electron chi connectivity index (χ0n) is 21.8. The summed E-state index contributed by atoms with van der Waals surface area (Å²) in [7, 11) is -1.10. The maximum atomic E-state index is 13.0. The largest absolute Gasteiger partial charge is 0.444 e. The summed E-state index contributed by atoms with van der Waals surface area (Å²) in [6, 6.07) is 22.1. The molecule has 188 valence electrons. The minimum atomic E-state index is -2.81. The summed E-state index contributed by atoms with van der Waals surface area (Å²) in [5, 5.41) is 9.20. The number of rotatable bonds is 7. The zero-order valence-corrected chi connectivity index (χ0v) is 22.8. The number of anilines is 1. The molecule has 8 heteroatoms. The fourth-order valence-corrected chi connectivity index (χ4v) is 8.92. The molecule has 0 unspecified atom stereocenters. The topological polar surface area (TPSA) is 93.5 Å². The number of carbonyl (C=O) groups is 1. The van der Waals surface area contributed by atoms with Crippen molar-refractivity contribution in [2.75, 3.05) is 19.4 Å². The summed E-state index contributed by atoms with van der Waals surface area (Å²) < 4.78 is 12.7. The van der Waals surface area contributed by atoms with Crippen LogP contribution in [0.25, 0.3) is 0 Å². The lowest BCUT2D eigenvalue weighted by molar-refractivity contribution is 0.0163. The van der Waals surface area contributed by atoms with Gasteiger partial charge in [0.1, 0.15) is 11.4 Å². The molecule has 1 heterocycles. The molecule has 0 saturated carbocycles. The summed E-state index contributed by atoms with van der Waals surface area (Å²) in [5.41, 5.74) is 5.98. The van der Waals surface area contributed by atoms with Gasteiger partial charge in [-0.25, -0.2) is 4.79 Å². The van der Waals surface area contributed by atoms with Gasteiger partial charge in [0.15, 0.2) is 0 Å². The van der Waals surface area contributed by atoms with Gasteiger partial charge in [0, 0.05) is 13.1 Å². The molecule has 0 aliphatic carbocycles. The van der Waals surface area contributed by atoms with E-state index in [-0.39, 0.29) is 11.6 Å². The van der Waals surface area contributed by atoms with Crippen LogP contribution in [0.4, 0.5) is 10.6 Å². The number of ether oxygens (including phenoxy) is 1. The number of benzene rings is 2. The smallest absolute Gasteiger partial charge is 0.410 e. The fourth-order valence-electron chi connectivity index (χ4n) is 4.36. The number of hydrogen-bond acceptors (Lipinski definition) is 5. The van der Waals surface area contributed by atoms with Crippen molar-refractivity contribution in [1.82, 2.24) is 15.1 Å². The maximum absolute atomic E-state index is 13.0. The van der Waals surface area contributed by atoms with E-state index < -0.39 is 26.1 Å². The normalized spacial score (nSPS) is 13.3. The van der Waals surface area contributed by atoms with E-state index in [1.807, 2.05) is 32.9 Å². The first-order chi connectivity index (χ1) is 16.3. The third-order valence-electron chi connectivity index (χ3n) is 6.00. The van der Waals surface area contributed by atoms with Gasteiger partial charge in [-0.15, -0.1) is 0 Å². The van der Waals surface area contributed by atoms with Gasteiger partial charge in [-0.05, 0) is 36.2 Å². The first kappa shape index (κ1) is 26.5. The van der Waals surface area contributed by atoms with Crippen LogP contribution in [0.15, 0.2) is 66.7 Å². The summed E-state index contributed by atoms with van der Waals surface area (Å²) in [6.45, 7) is 12.5. The third-order valence-corrected chi connectivity index (χ3v) is 11.0. The lowest BCUT2D eigenvalue weighted by atomic mass is 10.2. The number of nitrogen functional groups attached to an aromatic ring is 1. The molecular weight excluding hydrogens is 456 g/mol. The number of aromatic amines is 1. The highest BCUT2D eigenvalue weighted by atomic mass is 28.4. The second-order valence-corrected chi connectivity index (χ2v) is 15.1. The van der Waals surface area contributed by atoms with Crippen molar-refractivity contribution in [2.24, 2.45) is 0 Å². The van der Waals surface area contributed by atoms with Crippen LogP contribution in [0.3, 0.4) is 0 Å². The van der Waals surface area contributed by atoms with Crippen LogP contribution in [-0.2, 0) is 9.16 Å². The molecule has 3 N–H and O–H groups in total. The molecule has 0 aliphatic heterocycles. The van der Waals surface area contributed by atoms with E-state index in [2.05, 4.69) is 79.5 Å². The zero-order chi connectivity index (χ0) is 25.9. The lowest BCUT2D eigenvalue weighted by Gasteiger charge is -2.44. The highest BCUT2D eigenvalue weighted by Crippen LogP contribution is 2.38. The first-order valence-electron chi connectivity index (χ1n) is 11.9. The molecule has 1 aromatic heterocycles. The number of hydrogen-bond donors (Lipinski definition) is 2. The first-order valence-corrected chi connectivity index (χ1v) is 13.8. The average molecular weight is 495 g/mol. The molecule has 0 radical (unpaired) electrons. The van der Waals surface area contributed by atoms with Crippen LogP contribution in [0.1, 0.15) is 53.3 Å². The number of likely N-dealkylation sites (N-methyl/N-ethyl adjacent to an activating group) is 1. The Bertz CT molecular complexity index is 1070. The van der Waals surface area contributed by atoms with E-state index in [9.17, 15) is 4.79 Å². The molecule has 3 aromatic rings. The van der Waals surface area contributed by atoms with Gasteiger partial charge >= 0.3 is 6.09 Å². The summed E-state index contributed by atoms with van der Waals surface area (Å²) in [5.74, 6) is 0.355. The average Bonchev–Trinajstić information content (AvgIpc) is 3.21. The highest BCUT2D eigenvalue weighted by molar-refractivity contribution is 6.99. The summed E-state index contributed by atoms with van der Waals surface area (Å²) in [4.78, 5) is 14.6. The predicted octanol–water partition coefficient (Wildman–Crippen LogP) is 4.48. The summed E-state index contributed by atoms with van der Waals surface area (Å²) in [6.07, 6.45) is -0.443. The van der Waals surface area contributed by atoms with Crippen molar-refractivity contribution < 1.29 is 14.0 Å². The van der Waals surface area contributed by atoms with Gasteiger partial charge < -0.3 is 19.8 Å². The van der Waals surface area contributed by atoms with Gasteiger partial charge in [0.2, 0.25) is 0 Å². The minimum Gasteiger partial charge on any atom is -0.444 e. The monoisotopic (exact) mass is 494 g/mol. The second-order valence-electron chi connectivity index (χ2n) is 10.8. The van der Waals surface area contributed by atoms with Crippen molar-refractivity contribution in [3.63, 3.8) is 0 Å². The molecule has 1 amide bonds. The van der Waals surface area contributed by atoms with Crippen LogP contribution >= 0.6 is 0 Å². The van der Waals surface area contributed by atoms with Gasteiger partial charge in [0.25, 0.3) is 8.32 Å². The number of amides is 1. The molecule has 0 fully saturated rings. The Labute approximate surface area is 209 Å². The number of nitrogens with two attached hydrogens (primary N) is 1. The Morgan fingerprint density at radius 2 is 1.51 bits per heavy atom. The van der Waals surface area contributed by atoms with E-state index in [0.29, 0.717) is 11.5 Å². The molecule has 7 nitrogen and oxygen atoms in total. The van der Waals surface area contributed by atoms with Crippen molar-refractivity contribution in [3.8, 4) is 0 Å². The van der Waals surface area contributed by atoms with Crippen LogP contribution in [0, 0.1) is 0 Å². The molecule has 0 bridgehead atoms. The highest BCUT2D eigenvalue weighted by Gasteiger charge is 2.50. The lowest BCUT2D eigenvalue weighted by Crippen LogP contribution is -2.67. The van der Waals surface area contributed by atoms with Crippen LogP contribution in [0.5, 0.6) is 0 Å². The minimum absolute atomic E-state index is 0.197. The Morgan fingerprint density at radius 1 is 1.00 bits per heavy atom. The molecular formula is C27H38N4O3Si. The fraction of sp³-hybridized carbons (Fsp3) is 0.407. The van der Waals surface area contributed by atoms with E-state index >= 15 is 0 Å². The van der Waals surface area contributed by atoms with E-state index in [0.717, 1.165) is 0 Å². The van der Waals surface area contributed by atoms with Gasteiger partial charge in [-0.2, -0.15) is 5.10 Å². The summed E-state index contributed by atoms with van der Waals surface area (Å²) >= 11 is 0. The molecule has 0 saturated heterocycles. The van der Waals surface area contributed by atoms with E-state index in [4.69, 9.17) is 14.9 Å². The van der Waals surface area contributed by atoms with Gasteiger partial charge in [-0.3, -0.25) is 5.10 Å². The second kappa shape index (κ2) is 10.3. The van der Waals surface area contributed by atoms with E-state index in [1.54, 1.807) is 18.0 Å². The number of nitrogens with zero attached hydrogens (tertiary/aromatic N) is 2. The van der Waals surface area contributed by atoms with E-state index in [1.165, 1.54) is 10.4 Å². The number of H-pyrrole nitrogens is 1. The van der Waals surface area contributed by atoms with Crippen molar-refractivity contribution in [3.05, 3.63) is 72.4 Å². The molecule has 0 aliphatic rings. The van der Waals surface area contributed by atoms with Crippen molar-refractivity contribution in [2.45, 2.75) is 58.2 Å². The molecule has 35 heavy (non-hydrogen) atoms. The Balaban J connectivity index is 2.07. The van der Waals surface area contributed by atoms with Crippen LogP contribution in [0.2, 0.25) is 5.04 Å². The third kappa shape index (κ3) is 5.94. The number of aromatic nitrogens is 2. The van der Waals surface area contributed by atoms with Crippen molar-refractivity contribution >= 4 is 30.6 Å². The van der Waals surface area contributed by atoms with Gasteiger partial charge in [-0.1, -0.05) is 81.4 Å². The molecule has 3 rings (SSSR count). The Hall–Kier alpha value is -3.10. The Morgan fingerprint density at radius 3 is 1.91 bits per heavy atom. The standard InChI is InChI=1S/C27H38N4O3Si/c1-26(2,3)34-25(32)31(7)23(22-18-24(28)30-29-22)19-33-35(27(4,5)6,20-14-10-8-11-15-20)21-16-12-9-13-17-21/h8-18,23H,19H2,1-7H3,(H3,28,29,30)/t23-/m0/s1. The SMILES string of the molecule is CN(C(=O)OC(C)(C)C)[C@@H](CO[Si](c1ccccc1)(c1ccccc1)C(C)(C)C)c1cc(N)n[nH]1. The Kier molecular flexibility index (Phi) is 7.76. The number of nitrogens with one attached hydrogen (secondary N) is 1. The van der Waals surface area contributed by atoms with Gasteiger partial charge in [0.05, 0.1) is 18.3 Å². The quantitative estimate of drug-likeness (QED) is 0.473. The molecule has 0 spiro atoms. The van der Waals surface area contributed by atoms with Crippen LogP contribution < -0.4 is 16.1 Å². The maximum Gasteiger partial charge on any atom is 0.410 e. The molecule has 1 atom stereocenters. The van der Waals surface area contributed by atoms with Crippen molar-refractivity contribution in [1.29, 1.82) is 0 Å². The van der Waals surface area contributed by atoms with Crippen LogP contribution in [-0.4, -0.2) is 48.8 Å². The number of carbonyl (C=O) groups excluding carboxylic acids is 1.